The maximum Gasteiger partial charge on any atom is 0.336 e. The van der Waals surface area contributed by atoms with Gasteiger partial charge in [0.15, 0.2) is 0 Å². The maximum absolute atomic E-state index is 13.2. The highest BCUT2D eigenvalue weighted by Gasteiger charge is 2.24. The van der Waals surface area contributed by atoms with Gasteiger partial charge in [0.25, 0.3) is 5.91 Å². The number of ether oxygens (including phenoxy) is 2. The first-order valence-electron chi connectivity index (χ1n) is 15.5. The van der Waals surface area contributed by atoms with Crippen LogP contribution in [0.1, 0.15) is 52.6 Å². The van der Waals surface area contributed by atoms with Crippen LogP contribution in [0.3, 0.4) is 0 Å². The van der Waals surface area contributed by atoms with Crippen molar-refractivity contribution in [2.45, 2.75) is 34.6 Å². The Labute approximate surface area is 268 Å². The van der Waals surface area contributed by atoms with Crippen molar-refractivity contribution < 1.29 is 33.4 Å². The minimum Gasteiger partial charge on any atom is -0.478 e. The fraction of sp³-hybridized carbons (Fsp3) is 0.371. The third-order valence-corrected chi connectivity index (χ3v) is 7.38. The summed E-state index contributed by atoms with van der Waals surface area (Å²) in [6.07, 6.45) is 0. The predicted molar refractivity (Wildman–Crippen MR) is 178 cm³/mol. The number of amides is 2. The first kappa shape index (κ1) is 34.1. The van der Waals surface area contributed by atoms with Crippen LogP contribution in [0.25, 0.3) is 33.4 Å². The first-order valence-corrected chi connectivity index (χ1v) is 15.5. The van der Waals surface area contributed by atoms with Crippen LogP contribution in [0.5, 0.6) is 0 Å². The molecule has 11 heteroatoms. The molecule has 1 heterocycles. The number of benzene rings is 3. The van der Waals surface area contributed by atoms with E-state index in [-0.39, 0.29) is 30.5 Å². The summed E-state index contributed by atoms with van der Waals surface area (Å²) in [4.78, 5) is 41.3. The summed E-state index contributed by atoms with van der Waals surface area (Å²) in [5, 5.41) is 20.7. The summed E-state index contributed by atoms with van der Waals surface area (Å²) in [6, 6.07) is 12.4. The first-order chi connectivity index (χ1) is 22.1. The molecule has 11 nitrogen and oxygen atoms in total. The second-order valence-electron chi connectivity index (χ2n) is 10.8. The van der Waals surface area contributed by atoms with Crippen LogP contribution in [-0.4, -0.2) is 75.5 Å². The zero-order valence-electron chi connectivity index (χ0n) is 27.0. The van der Waals surface area contributed by atoms with E-state index in [1.165, 1.54) is 19.1 Å². The highest BCUT2D eigenvalue weighted by atomic mass is 16.5. The number of carbonyl (C=O) groups is 3. The lowest BCUT2D eigenvalue weighted by Gasteiger charge is -2.20. The Kier molecular flexibility index (Phi) is 11.9. The average molecular weight is 631 g/mol. The molecule has 2 amide bonds. The number of nitrogens with one attached hydrogen (secondary N) is 3. The molecule has 0 fully saturated rings. The van der Waals surface area contributed by atoms with E-state index in [2.05, 4.69) is 20.9 Å². The van der Waals surface area contributed by atoms with Crippen molar-refractivity contribution >= 4 is 34.4 Å². The summed E-state index contributed by atoms with van der Waals surface area (Å²) >= 11 is 0. The summed E-state index contributed by atoms with van der Waals surface area (Å²) < 4.78 is 17.4. The van der Waals surface area contributed by atoms with Crippen molar-refractivity contribution in [3.63, 3.8) is 0 Å². The number of hydrogen-bond acceptors (Lipinski definition) is 8. The van der Waals surface area contributed by atoms with Gasteiger partial charge in [-0.05, 0) is 74.7 Å². The van der Waals surface area contributed by atoms with Gasteiger partial charge in [-0.3, -0.25) is 14.6 Å². The van der Waals surface area contributed by atoms with E-state index in [9.17, 15) is 19.5 Å². The number of anilines is 1. The van der Waals surface area contributed by atoms with Crippen molar-refractivity contribution in [2.75, 3.05) is 57.9 Å². The van der Waals surface area contributed by atoms with Crippen molar-refractivity contribution in [1.29, 1.82) is 0 Å². The molecule has 0 bridgehead atoms. The van der Waals surface area contributed by atoms with Gasteiger partial charge >= 0.3 is 5.97 Å². The summed E-state index contributed by atoms with van der Waals surface area (Å²) in [5.74, 6) is -1.00. The Morgan fingerprint density at radius 2 is 1.59 bits per heavy atom. The third-order valence-electron chi connectivity index (χ3n) is 7.38. The number of carboxylic acid groups (broad SMARTS) is 1. The number of nitrogens with zero attached hydrogens (tertiary/aromatic N) is 1. The Hall–Kier alpha value is -4.74. The molecule has 0 saturated carbocycles. The second kappa shape index (κ2) is 16.0. The van der Waals surface area contributed by atoms with Crippen LogP contribution >= 0.6 is 0 Å². The minimum atomic E-state index is -1.10. The van der Waals surface area contributed by atoms with Crippen LogP contribution in [-0.2, 0) is 14.3 Å². The molecule has 46 heavy (non-hydrogen) atoms. The lowest BCUT2D eigenvalue weighted by atomic mass is 9.88. The van der Waals surface area contributed by atoms with E-state index in [4.69, 9.17) is 13.9 Å². The van der Waals surface area contributed by atoms with E-state index in [1.807, 2.05) is 52.0 Å². The Morgan fingerprint density at radius 3 is 2.24 bits per heavy atom. The highest BCUT2D eigenvalue weighted by Crippen LogP contribution is 2.43. The molecule has 0 spiro atoms. The number of carbonyl (C=O) groups excluding carboxylic acids is 2. The molecule has 0 atom stereocenters. The number of rotatable bonds is 15. The van der Waals surface area contributed by atoms with Gasteiger partial charge < -0.3 is 34.9 Å². The monoisotopic (exact) mass is 630 g/mol. The molecule has 4 rings (SSSR count). The normalized spacial score (nSPS) is 11.6. The average Bonchev–Trinajstić information content (AvgIpc) is 3.01. The number of aromatic carboxylic acids is 1. The fourth-order valence-corrected chi connectivity index (χ4v) is 5.24. The number of aryl methyl sites for hydroxylation is 2. The van der Waals surface area contributed by atoms with Crippen LogP contribution < -0.4 is 21.3 Å². The van der Waals surface area contributed by atoms with Gasteiger partial charge in [-0.2, -0.15) is 0 Å². The molecule has 1 aliphatic heterocycles. The van der Waals surface area contributed by atoms with Gasteiger partial charge in [-0.15, -0.1) is 0 Å². The second-order valence-corrected chi connectivity index (χ2v) is 10.8. The smallest absolute Gasteiger partial charge is 0.336 e. The quantitative estimate of drug-likeness (QED) is 0.108. The largest absolute Gasteiger partial charge is 0.478 e. The molecule has 244 valence electrons. The molecule has 0 radical (unpaired) electrons. The maximum atomic E-state index is 13.2. The van der Waals surface area contributed by atoms with Gasteiger partial charge in [0, 0.05) is 73.0 Å². The molecule has 0 aromatic heterocycles. The molecular formula is C35H42N4O7. The third kappa shape index (κ3) is 8.29. The van der Waals surface area contributed by atoms with E-state index in [1.54, 1.807) is 6.07 Å². The minimum absolute atomic E-state index is 0.0700. The molecular weight excluding hydrogens is 588 g/mol. The van der Waals surface area contributed by atoms with Crippen LogP contribution in [0, 0.1) is 13.8 Å². The van der Waals surface area contributed by atoms with Gasteiger partial charge in [0.1, 0.15) is 11.3 Å². The molecule has 2 aromatic carbocycles. The zero-order valence-corrected chi connectivity index (χ0v) is 27.0. The SMILES string of the molecule is CCN=c1cc2oc3cc(NCC)c(C)cc3c(-c3cc(C(=O)NCCOCCOCCNC(C)=O)ccc3C(=O)O)c-2cc1C. The topological polar surface area (TPSA) is 151 Å². The van der Waals surface area contributed by atoms with E-state index in [0.717, 1.165) is 39.7 Å². The van der Waals surface area contributed by atoms with Crippen LogP contribution in [0.15, 0.2) is 51.9 Å². The molecule has 0 saturated heterocycles. The van der Waals surface area contributed by atoms with Gasteiger partial charge in [0.2, 0.25) is 5.91 Å². The van der Waals surface area contributed by atoms with E-state index >= 15 is 0 Å². The molecule has 1 aliphatic carbocycles. The highest BCUT2D eigenvalue weighted by molar-refractivity contribution is 6.09. The van der Waals surface area contributed by atoms with Crippen LogP contribution in [0.4, 0.5) is 5.69 Å². The van der Waals surface area contributed by atoms with Gasteiger partial charge in [0.05, 0.1) is 37.3 Å². The molecule has 2 aliphatic rings. The van der Waals surface area contributed by atoms with Crippen molar-refractivity contribution in [1.82, 2.24) is 10.6 Å². The summed E-state index contributed by atoms with van der Waals surface area (Å²) in [5.41, 5.74) is 5.59. The lowest BCUT2D eigenvalue weighted by Crippen LogP contribution is -2.28. The number of fused-ring (bicyclic) bond motifs is 2. The van der Waals surface area contributed by atoms with Crippen molar-refractivity contribution in [3.8, 4) is 22.5 Å². The van der Waals surface area contributed by atoms with Gasteiger partial charge in [-0.1, -0.05) is 0 Å². The van der Waals surface area contributed by atoms with Crippen LogP contribution in [0.2, 0.25) is 0 Å². The molecule has 4 N–H and O–H groups in total. The van der Waals surface area contributed by atoms with Crippen molar-refractivity contribution in [3.05, 3.63) is 70.1 Å². The summed E-state index contributed by atoms with van der Waals surface area (Å²) in [7, 11) is 0. The zero-order chi connectivity index (χ0) is 33.2. The fourth-order valence-electron chi connectivity index (χ4n) is 5.24. The van der Waals surface area contributed by atoms with Gasteiger partial charge in [-0.25, -0.2) is 4.79 Å². The Morgan fingerprint density at radius 1 is 0.870 bits per heavy atom. The van der Waals surface area contributed by atoms with Crippen molar-refractivity contribution in [2.24, 2.45) is 4.99 Å². The predicted octanol–water partition coefficient (Wildman–Crippen LogP) is 4.77. The summed E-state index contributed by atoms with van der Waals surface area (Å²) in [6.45, 7) is 12.8. The number of hydrogen-bond donors (Lipinski definition) is 4. The molecule has 0 unspecified atom stereocenters. The Balaban J connectivity index is 1.67. The van der Waals surface area contributed by atoms with E-state index in [0.29, 0.717) is 60.9 Å². The molecule has 2 aromatic rings. The lowest BCUT2D eigenvalue weighted by molar-refractivity contribution is -0.119. The van der Waals surface area contributed by atoms with E-state index < -0.39 is 5.97 Å². The number of carboxylic acids is 1. The standard InChI is InChI=1S/C35H42N4O7/c1-6-36-29-19-31-27(16-21(29)3)33(28-17-22(4)30(37-7-2)20-32(28)46-31)26-18-24(8-9-25(26)35(42)43)34(41)39-11-13-45-15-14-44-12-10-38-23(5)40/h8-9,16-20,36H,6-7,10-15H2,1-5H3,(H,38,40)(H,39,41)(H,42,43). The Bertz CT molecular complexity index is 1760.